The molecule has 5 nitrogen and oxygen atoms in total. The fourth-order valence-electron chi connectivity index (χ4n) is 2.30. The molecule has 134 valence electrons. The van der Waals surface area contributed by atoms with Crippen LogP contribution in [0.15, 0.2) is 47.6 Å². The third-order valence-electron chi connectivity index (χ3n) is 3.68. The number of aromatic nitrogens is 3. The Kier molecular flexibility index (Phi) is 5.58. The Hall–Kier alpha value is -2.38. The van der Waals surface area contributed by atoms with Gasteiger partial charge in [0.15, 0.2) is 11.0 Å². The number of aryl methyl sites for hydroxylation is 1. The van der Waals surface area contributed by atoms with E-state index in [1.165, 1.54) is 29.5 Å². The summed E-state index contributed by atoms with van der Waals surface area (Å²) in [5.41, 5.74) is 2.50. The number of nitrogens with zero attached hydrogens (tertiary/aromatic N) is 3. The molecule has 0 aliphatic heterocycles. The van der Waals surface area contributed by atoms with Crippen LogP contribution in [0.3, 0.4) is 0 Å². The first kappa shape index (κ1) is 18.4. The van der Waals surface area contributed by atoms with E-state index in [1.807, 2.05) is 42.8 Å². The van der Waals surface area contributed by atoms with Crippen LogP contribution < -0.4 is 5.32 Å². The van der Waals surface area contributed by atoms with E-state index in [0.29, 0.717) is 10.8 Å². The van der Waals surface area contributed by atoms with E-state index in [2.05, 4.69) is 15.5 Å². The predicted molar refractivity (Wildman–Crippen MR) is 102 cm³/mol. The zero-order chi connectivity index (χ0) is 18.7. The van der Waals surface area contributed by atoms with Crippen molar-refractivity contribution in [3.63, 3.8) is 0 Å². The smallest absolute Gasteiger partial charge is 0.234 e. The van der Waals surface area contributed by atoms with Crippen molar-refractivity contribution in [2.75, 3.05) is 11.1 Å². The Labute approximate surface area is 159 Å². The van der Waals surface area contributed by atoms with Gasteiger partial charge in [0, 0.05) is 12.6 Å². The quantitative estimate of drug-likeness (QED) is 0.659. The Morgan fingerprint density at radius 3 is 2.65 bits per heavy atom. The van der Waals surface area contributed by atoms with Crippen LogP contribution in [-0.4, -0.2) is 26.4 Å². The molecule has 3 aromatic rings. The van der Waals surface area contributed by atoms with E-state index < -0.39 is 5.82 Å². The van der Waals surface area contributed by atoms with Crippen molar-refractivity contribution < 1.29 is 9.18 Å². The zero-order valence-electron chi connectivity index (χ0n) is 14.2. The summed E-state index contributed by atoms with van der Waals surface area (Å²) < 4.78 is 14.9. The number of anilines is 1. The van der Waals surface area contributed by atoms with Crippen molar-refractivity contribution in [3.8, 4) is 11.4 Å². The van der Waals surface area contributed by atoms with Crippen LogP contribution in [0.1, 0.15) is 5.56 Å². The number of benzene rings is 2. The van der Waals surface area contributed by atoms with E-state index in [-0.39, 0.29) is 16.7 Å². The Bertz CT molecular complexity index is 943. The van der Waals surface area contributed by atoms with E-state index in [4.69, 9.17) is 11.6 Å². The molecule has 1 amide bonds. The van der Waals surface area contributed by atoms with Crippen molar-refractivity contribution in [1.82, 2.24) is 14.8 Å². The van der Waals surface area contributed by atoms with E-state index in [1.54, 1.807) is 0 Å². The molecule has 26 heavy (non-hydrogen) atoms. The van der Waals surface area contributed by atoms with Gasteiger partial charge in [0.1, 0.15) is 5.82 Å². The number of rotatable bonds is 5. The maximum atomic E-state index is 13.0. The fraction of sp³-hybridized carbons (Fsp3) is 0.167. The minimum Gasteiger partial charge on any atom is -0.324 e. The molecule has 8 heteroatoms. The van der Waals surface area contributed by atoms with Gasteiger partial charge in [-0.15, -0.1) is 10.2 Å². The first-order valence-corrected chi connectivity index (χ1v) is 9.14. The molecular formula is C18H16ClFN4OS. The number of nitrogens with one attached hydrogen (secondary N) is 1. The fourth-order valence-corrected chi connectivity index (χ4v) is 3.23. The molecule has 1 heterocycles. The second-order valence-electron chi connectivity index (χ2n) is 5.69. The molecule has 0 spiro atoms. The lowest BCUT2D eigenvalue weighted by atomic mass is 10.1. The van der Waals surface area contributed by atoms with Crippen molar-refractivity contribution in [1.29, 1.82) is 0 Å². The van der Waals surface area contributed by atoms with Crippen LogP contribution in [0, 0.1) is 12.7 Å². The minimum absolute atomic E-state index is 0.133. The van der Waals surface area contributed by atoms with Gasteiger partial charge >= 0.3 is 0 Å². The molecule has 0 atom stereocenters. The van der Waals surface area contributed by atoms with Gasteiger partial charge in [-0.25, -0.2) is 4.39 Å². The molecule has 0 fully saturated rings. The molecular weight excluding hydrogens is 375 g/mol. The summed E-state index contributed by atoms with van der Waals surface area (Å²) in [6.45, 7) is 2.02. The van der Waals surface area contributed by atoms with Crippen LogP contribution >= 0.6 is 23.4 Å². The van der Waals surface area contributed by atoms with Crippen molar-refractivity contribution in [2.45, 2.75) is 12.1 Å². The van der Waals surface area contributed by atoms with E-state index >= 15 is 0 Å². The van der Waals surface area contributed by atoms with Crippen molar-refractivity contribution >= 4 is 35.0 Å². The normalized spacial score (nSPS) is 10.8. The van der Waals surface area contributed by atoms with Gasteiger partial charge < -0.3 is 9.88 Å². The average Bonchev–Trinajstić information content (AvgIpc) is 2.97. The van der Waals surface area contributed by atoms with Gasteiger partial charge in [0.2, 0.25) is 5.91 Å². The average molecular weight is 391 g/mol. The van der Waals surface area contributed by atoms with Gasteiger partial charge in [-0.3, -0.25) is 4.79 Å². The number of hydrogen-bond donors (Lipinski definition) is 1. The minimum atomic E-state index is -0.454. The topological polar surface area (TPSA) is 59.8 Å². The van der Waals surface area contributed by atoms with E-state index in [9.17, 15) is 9.18 Å². The predicted octanol–water partition coefficient (Wildman–Crippen LogP) is 4.31. The van der Waals surface area contributed by atoms with Crippen molar-refractivity contribution in [2.24, 2.45) is 7.05 Å². The summed E-state index contributed by atoms with van der Waals surface area (Å²) in [6.07, 6.45) is 0. The Morgan fingerprint density at radius 1 is 1.23 bits per heavy atom. The van der Waals surface area contributed by atoms with E-state index in [0.717, 1.165) is 17.5 Å². The number of halogens is 2. The molecule has 1 aromatic heterocycles. The lowest BCUT2D eigenvalue weighted by Crippen LogP contribution is -2.14. The molecule has 0 aliphatic rings. The number of hydrogen-bond acceptors (Lipinski definition) is 4. The summed E-state index contributed by atoms with van der Waals surface area (Å²) in [7, 11) is 1.85. The molecule has 0 aliphatic carbocycles. The maximum absolute atomic E-state index is 13.0. The molecule has 0 radical (unpaired) electrons. The standard InChI is InChI=1S/C18H16ClFN4OS/c1-11-3-5-12(6-4-11)17-22-23-18(24(17)2)26-10-16(25)21-15-8-7-13(20)9-14(15)19/h3-9H,10H2,1-2H3,(H,21,25). The van der Waals surface area contributed by atoms with Crippen LogP contribution in [0.2, 0.25) is 5.02 Å². The highest BCUT2D eigenvalue weighted by atomic mass is 35.5. The Morgan fingerprint density at radius 2 is 1.96 bits per heavy atom. The lowest BCUT2D eigenvalue weighted by molar-refractivity contribution is -0.113. The maximum Gasteiger partial charge on any atom is 0.234 e. The first-order valence-electron chi connectivity index (χ1n) is 7.78. The highest BCUT2D eigenvalue weighted by Gasteiger charge is 2.13. The molecule has 1 N–H and O–H groups in total. The second kappa shape index (κ2) is 7.88. The van der Waals surface area contributed by atoms with Gasteiger partial charge in [-0.1, -0.05) is 53.2 Å². The lowest BCUT2D eigenvalue weighted by Gasteiger charge is -2.07. The largest absolute Gasteiger partial charge is 0.324 e. The third-order valence-corrected chi connectivity index (χ3v) is 5.02. The number of amides is 1. The molecule has 0 saturated carbocycles. The van der Waals surface area contributed by atoms with Crippen molar-refractivity contribution in [3.05, 3.63) is 58.9 Å². The summed E-state index contributed by atoms with van der Waals surface area (Å²) in [6, 6.07) is 11.8. The molecule has 0 saturated heterocycles. The number of carbonyl (C=O) groups excluding carboxylic acids is 1. The van der Waals surface area contributed by atoms with Crippen LogP contribution in [0.25, 0.3) is 11.4 Å². The van der Waals surface area contributed by atoms with Crippen LogP contribution in [0.4, 0.5) is 10.1 Å². The number of thioether (sulfide) groups is 1. The Balaban J connectivity index is 1.64. The second-order valence-corrected chi connectivity index (χ2v) is 7.04. The monoisotopic (exact) mass is 390 g/mol. The molecule has 3 rings (SSSR count). The highest BCUT2D eigenvalue weighted by molar-refractivity contribution is 7.99. The SMILES string of the molecule is Cc1ccc(-c2nnc(SCC(=O)Nc3ccc(F)cc3Cl)n2C)cc1. The molecule has 0 bridgehead atoms. The third kappa shape index (κ3) is 4.23. The first-order chi connectivity index (χ1) is 12.4. The summed E-state index contributed by atoms with van der Waals surface area (Å²) >= 11 is 7.17. The van der Waals surface area contributed by atoms with Gasteiger partial charge in [0.05, 0.1) is 16.5 Å². The summed E-state index contributed by atoms with van der Waals surface area (Å²) in [5.74, 6) is 0.149. The number of carbonyl (C=O) groups is 1. The van der Waals surface area contributed by atoms with Crippen LogP contribution in [0.5, 0.6) is 0 Å². The zero-order valence-corrected chi connectivity index (χ0v) is 15.7. The van der Waals surface area contributed by atoms with Crippen LogP contribution in [-0.2, 0) is 11.8 Å². The van der Waals surface area contributed by atoms with Gasteiger partial charge in [-0.2, -0.15) is 0 Å². The summed E-state index contributed by atoms with van der Waals surface area (Å²) in [4.78, 5) is 12.1. The summed E-state index contributed by atoms with van der Waals surface area (Å²) in [5, 5.41) is 11.8. The van der Waals surface area contributed by atoms with Gasteiger partial charge in [-0.05, 0) is 25.1 Å². The van der Waals surface area contributed by atoms with Gasteiger partial charge in [0.25, 0.3) is 0 Å². The highest BCUT2D eigenvalue weighted by Crippen LogP contribution is 2.25. The molecule has 2 aromatic carbocycles. The molecule has 0 unspecified atom stereocenters.